The number of benzene rings is 2. The Morgan fingerprint density at radius 2 is 1.28 bits per heavy atom. The number of nitrogens with two attached hydrogens (primary N) is 1. The first-order valence-corrected chi connectivity index (χ1v) is 10.6. The van der Waals surface area contributed by atoms with Crippen LogP contribution in [0.15, 0.2) is 58.3 Å². The molecule has 3 N–H and O–H groups in total. The molecule has 0 aliphatic rings. The summed E-state index contributed by atoms with van der Waals surface area (Å²) in [6, 6.07) is 13.3. The second kappa shape index (κ2) is 8.57. The van der Waals surface area contributed by atoms with E-state index in [1.807, 2.05) is 26.0 Å². The molecule has 6 nitrogen and oxygen atoms in total. The molecule has 0 amide bonds. The molecule has 0 fully saturated rings. The summed E-state index contributed by atoms with van der Waals surface area (Å²) in [4.78, 5) is 0.490. The molecule has 0 aliphatic carbocycles. The van der Waals surface area contributed by atoms with E-state index in [1.165, 1.54) is 12.1 Å². The molecule has 0 radical (unpaired) electrons. The van der Waals surface area contributed by atoms with Crippen molar-refractivity contribution in [3.63, 3.8) is 0 Å². The van der Waals surface area contributed by atoms with Crippen LogP contribution in [0.2, 0.25) is 0 Å². The zero-order chi connectivity index (χ0) is 19.3. The average Bonchev–Trinajstić information content (AvgIpc) is 2.46. The Morgan fingerprint density at radius 1 is 0.840 bits per heavy atom. The number of rotatable bonds is 4. The van der Waals surface area contributed by atoms with Gasteiger partial charge < -0.3 is 0 Å². The molecule has 0 heterocycles. The van der Waals surface area contributed by atoms with Crippen molar-refractivity contribution < 1.29 is 16.8 Å². The minimum Gasteiger partial charge on any atom is -0.225 e. The van der Waals surface area contributed by atoms with Gasteiger partial charge in [-0.05, 0) is 63.1 Å². The lowest BCUT2D eigenvalue weighted by atomic mass is 10.2. The van der Waals surface area contributed by atoms with E-state index in [4.69, 9.17) is 5.14 Å². The third-order valence-electron chi connectivity index (χ3n) is 3.01. The minimum absolute atomic E-state index is 0.0829. The van der Waals surface area contributed by atoms with Crippen molar-refractivity contribution in [1.29, 1.82) is 0 Å². The average molecular weight is 385 g/mol. The highest BCUT2D eigenvalue weighted by Gasteiger charge is 2.14. The molecule has 0 saturated heterocycles. The highest BCUT2D eigenvalue weighted by molar-refractivity contribution is 7.89. The van der Waals surface area contributed by atoms with Gasteiger partial charge in [0.05, 0.1) is 9.79 Å². The van der Waals surface area contributed by atoms with Gasteiger partial charge in [0.15, 0.2) is 0 Å². The minimum atomic E-state index is -3.53. The van der Waals surface area contributed by atoms with Gasteiger partial charge in [-0.15, -0.1) is 0 Å². The third-order valence-corrected chi connectivity index (χ3v) is 5.58. The molecule has 0 aliphatic heterocycles. The molecule has 2 aromatic carbocycles. The molecule has 0 atom stereocenters. The lowest BCUT2D eigenvalue weighted by Gasteiger charge is -2.09. The van der Waals surface area contributed by atoms with Crippen molar-refractivity contribution in [1.82, 2.24) is 4.72 Å². The van der Waals surface area contributed by atoms with E-state index in [0.717, 1.165) is 11.1 Å². The van der Waals surface area contributed by atoms with Crippen LogP contribution in [0, 0.1) is 13.8 Å². The summed E-state index contributed by atoms with van der Waals surface area (Å²) in [6.07, 6.45) is 0. The van der Waals surface area contributed by atoms with E-state index >= 15 is 0 Å². The standard InChI is InChI=1S/C10H15NO2S.C7H9NO2S/c1-8(2)11-14(12,13)10-6-4-5-9(3)7-10;1-6-3-2-4-7(5-6)11(8,9)10/h4-8,11H,1-3H3;2-5H,1H3,(H2,8,9,10). The number of primary sulfonamides is 1. The summed E-state index contributed by atoms with van der Waals surface area (Å²) in [7, 11) is -6.86. The molecule has 2 aromatic rings. The molecular weight excluding hydrogens is 360 g/mol. The highest BCUT2D eigenvalue weighted by Crippen LogP contribution is 2.11. The molecule has 0 bridgehead atoms. The van der Waals surface area contributed by atoms with Gasteiger partial charge in [-0.3, -0.25) is 0 Å². The van der Waals surface area contributed by atoms with Crippen molar-refractivity contribution in [2.45, 2.75) is 43.5 Å². The molecule has 8 heteroatoms. The van der Waals surface area contributed by atoms with Gasteiger partial charge in [-0.25, -0.2) is 26.7 Å². The Bertz CT molecular complexity index is 921. The van der Waals surface area contributed by atoms with Crippen molar-refractivity contribution >= 4 is 20.0 Å². The van der Waals surface area contributed by atoms with Gasteiger partial charge >= 0.3 is 0 Å². The maximum atomic E-state index is 11.7. The largest absolute Gasteiger partial charge is 0.240 e. The van der Waals surface area contributed by atoms with Gasteiger partial charge in [-0.1, -0.05) is 24.3 Å². The van der Waals surface area contributed by atoms with Crippen LogP contribution in [0.4, 0.5) is 0 Å². The van der Waals surface area contributed by atoms with Crippen LogP contribution in [0.25, 0.3) is 0 Å². The Hall–Kier alpha value is -1.74. The predicted molar refractivity (Wildman–Crippen MR) is 99.2 cm³/mol. The highest BCUT2D eigenvalue weighted by atomic mass is 32.2. The maximum absolute atomic E-state index is 11.7. The van der Waals surface area contributed by atoms with E-state index in [-0.39, 0.29) is 10.9 Å². The molecular formula is C17H24N2O4S2. The normalized spacial score (nSPS) is 11.8. The Kier molecular flexibility index (Phi) is 7.30. The number of hydrogen-bond donors (Lipinski definition) is 2. The van der Waals surface area contributed by atoms with Crippen LogP contribution in [-0.4, -0.2) is 22.9 Å². The zero-order valence-corrected chi connectivity index (χ0v) is 16.4. The second-order valence-corrected chi connectivity index (χ2v) is 9.23. The Labute approximate surface area is 150 Å². The quantitative estimate of drug-likeness (QED) is 0.843. The summed E-state index contributed by atoms with van der Waals surface area (Å²) in [5.41, 5.74) is 1.83. The van der Waals surface area contributed by atoms with Crippen LogP contribution >= 0.6 is 0 Å². The zero-order valence-electron chi connectivity index (χ0n) is 14.7. The molecule has 0 aromatic heterocycles. The van der Waals surface area contributed by atoms with E-state index in [2.05, 4.69) is 4.72 Å². The summed E-state index contributed by atoms with van der Waals surface area (Å²) in [5, 5.41) is 4.90. The number of nitrogens with one attached hydrogen (secondary N) is 1. The van der Waals surface area contributed by atoms with E-state index in [0.29, 0.717) is 4.90 Å². The van der Waals surface area contributed by atoms with Crippen molar-refractivity contribution in [3.05, 3.63) is 59.7 Å². The number of aryl methyl sites for hydroxylation is 2. The van der Waals surface area contributed by atoms with Gasteiger partial charge in [-0.2, -0.15) is 0 Å². The monoisotopic (exact) mass is 384 g/mol. The van der Waals surface area contributed by atoms with Crippen LogP contribution in [-0.2, 0) is 20.0 Å². The fraction of sp³-hybridized carbons (Fsp3) is 0.294. The molecule has 0 unspecified atom stereocenters. The molecule has 138 valence electrons. The van der Waals surface area contributed by atoms with E-state index in [1.54, 1.807) is 38.1 Å². The smallest absolute Gasteiger partial charge is 0.225 e. The van der Waals surface area contributed by atoms with E-state index < -0.39 is 20.0 Å². The Balaban J connectivity index is 0.000000257. The molecule has 2 rings (SSSR count). The van der Waals surface area contributed by atoms with Crippen molar-refractivity contribution in [2.24, 2.45) is 5.14 Å². The summed E-state index contributed by atoms with van der Waals surface area (Å²) < 4.78 is 47.4. The summed E-state index contributed by atoms with van der Waals surface area (Å²) in [5.74, 6) is 0. The van der Waals surface area contributed by atoms with Gasteiger partial charge in [0, 0.05) is 6.04 Å². The van der Waals surface area contributed by atoms with Crippen LogP contribution in [0.5, 0.6) is 0 Å². The number of sulfonamides is 2. The topological polar surface area (TPSA) is 106 Å². The summed E-state index contributed by atoms with van der Waals surface area (Å²) >= 11 is 0. The van der Waals surface area contributed by atoms with Crippen LogP contribution < -0.4 is 9.86 Å². The van der Waals surface area contributed by atoms with Crippen LogP contribution in [0.3, 0.4) is 0 Å². The maximum Gasteiger partial charge on any atom is 0.240 e. The first-order valence-electron chi connectivity index (χ1n) is 7.60. The summed E-state index contributed by atoms with van der Waals surface area (Å²) in [6.45, 7) is 7.28. The first kappa shape index (κ1) is 21.3. The molecule has 0 saturated carbocycles. The van der Waals surface area contributed by atoms with Crippen LogP contribution in [0.1, 0.15) is 25.0 Å². The van der Waals surface area contributed by atoms with Gasteiger partial charge in [0.1, 0.15) is 0 Å². The van der Waals surface area contributed by atoms with Gasteiger partial charge in [0.25, 0.3) is 0 Å². The fourth-order valence-electron chi connectivity index (χ4n) is 1.95. The van der Waals surface area contributed by atoms with Crippen molar-refractivity contribution in [3.8, 4) is 0 Å². The lowest BCUT2D eigenvalue weighted by molar-refractivity contribution is 0.569. The third kappa shape index (κ3) is 7.35. The SMILES string of the molecule is Cc1cccc(S(=O)(=O)NC(C)C)c1.Cc1cccc(S(N)(=O)=O)c1. The number of hydrogen-bond acceptors (Lipinski definition) is 4. The van der Waals surface area contributed by atoms with Gasteiger partial charge in [0.2, 0.25) is 20.0 Å². The Morgan fingerprint density at radius 3 is 1.64 bits per heavy atom. The first-order chi connectivity index (χ1) is 11.4. The van der Waals surface area contributed by atoms with Crippen molar-refractivity contribution in [2.75, 3.05) is 0 Å². The fourth-order valence-corrected chi connectivity index (χ4v) is 3.93. The predicted octanol–water partition coefficient (Wildman–Crippen LogP) is 2.32. The molecule has 0 spiro atoms. The lowest BCUT2D eigenvalue weighted by Crippen LogP contribution is -2.30. The van der Waals surface area contributed by atoms with E-state index in [9.17, 15) is 16.8 Å². The second-order valence-electron chi connectivity index (χ2n) is 5.95. The molecule has 25 heavy (non-hydrogen) atoms.